The Morgan fingerprint density at radius 2 is 0.528 bits per heavy atom. The predicted octanol–water partition coefficient (Wildman–Crippen LogP) is 24.0. The van der Waals surface area contributed by atoms with Gasteiger partial charge in [0.05, 0.1) is 56.9 Å². The molecule has 730 valence electrons. The van der Waals surface area contributed by atoms with Crippen LogP contribution in [-0.2, 0) is 65.2 Å². The maximum absolute atomic E-state index is 7.32. The van der Waals surface area contributed by atoms with Crippen LogP contribution in [-0.4, -0.2) is 7.74 Å². The number of hydrogen-bond acceptors (Lipinski definition) is 2. The molecule has 0 amide bonds. The van der Waals surface area contributed by atoms with Crippen LogP contribution in [0.3, 0.4) is 0 Å². The second-order valence-electron chi connectivity index (χ2n) is 29.9. The zero-order chi connectivity index (χ0) is 98.1. The van der Waals surface area contributed by atoms with Gasteiger partial charge in [0, 0.05) is 30.8 Å². The maximum atomic E-state index is 7.32. The average Bonchev–Trinajstić information content (AvgIpc) is 0.806. The van der Waals surface area contributed by atoms with Gasteiger partial charge in [-0.2, -0.15) is 83.7 Å². The van der Waals surface area contributed by atoms with Gasteiger partial charge >= 0.3 is 132 Å². The van der Waals surface area contributed by atoms with E-state index in [0.29, 0.717) is 0 Å². The predicted molar refractivity (Wildman–Crippen MR) is 637 cm³/mol. The van der Waals surface area contributed by atoms with Gasteiger partial charge in [-0.1, -0.05) is 444 Å². The van der Waals surface area contributed by atoms with Crippen LogP contribution >= 0.6 is 147 Å². The van der Waals surface area contributed by atoms with E-state index in [0.717, 1.165) is 6.42 Å². The summed E-state index contributed by atoms with van der Waals surface area (Å²) in [5.41, 5.74) is 0. The Kier molecular flexibility index (Phi) is 75.6. The number of rotatable bonds is 19. The maximum Gasteiger partial charge on any atom is 1.00 e. The Hall–Kier alpha value is -5.81. The number of nitrogens with zero attached hydrogens (tertiary/aromatic N) is 2. The molecule has 0 fully saturated rings. The second-order valence-corrected chi connectivity index (χ2v) is 58.8. The molecule has 0 saturated heterocycles. The van der Waals surface area contributed by atoms with Crippen molar-refractivity contribution < 1.29 is 103 Å². The number of halogens is 7. The van der Waals surface area contributed by atoms with E-state index in [2.05, 4.69) is 602 Å². The van der Waals surface area contributed by atoms with Gasteiger partial charge in [-0.05, 0) is 199 Å². The topological polar surface area (TPSA) is 47.6 Å². The van der Waals surface area contributed by atoms with Crippen molar-refractivity contribution in [3.63, 3.8) is 0 Å². The molecule has 0 aliphatic heterocycles. The van der Waals surface area contributed by atoms with E-state index in [1.54, 1.807) is 12.1 Å². The van der Waals surface area contributed by atoms with Crippen LogP contribution in [0.2, 0.25) is 19.6 Å². The number of nitriles is 2. The summed E-state index contributed by atoms with van der Waals surface area (Å²) in [6.07, 6.45) is 2.28. The molecule has 0 aromatic heterocycles. The quantitative estimate of drug-likeness (QED) is 0.0351. The van der Waals surface area contributed by atoms with E-state index in [9.17, 15) is 0 Å². The van der Waals surface area contributed by atoms with Crippen LogP contribution in [0, 0.1) is 51.4 Å². The SMILES string of the molecule is Brc1ccccc1I.Brc1ccccc1P(c1ccccc1)c1ccccc1.Brc1ccccc1P(c1ccccc1)c1ccccc1.C.CC#N.CC#N.C[Si](C)(C)P(c1ccccc1)c1ccccc1.[CH2-]CCC.[Cl][Cu].[Cl][Pd][Cl].[Cu+].[Cu+].[Li+].[Li+].[c-]1ccccc1P(c1ccccc1)c1ccccc1.[c-]1ccccc1[PH+](c1ccccc1)c1ccccc1.[c-]1ccccc1[PH+](c1ccccc1)c1ccccc1. The standard InChI is InChI=1S/2C18H14BrP.3C18H14P.C15H19PSi.C6H4BrI.C4H9.2C2H3N.CH4.3ClH.3Cu.2Li.Pd/c2*19-17-13-7-8-14-18(17)20(15-9-3-1-4-10-15)16-11-5-2-6-12-16;3*1-4-10-16(11-5-1)19(17-12-6-2-7-13-17)18-14-8-3-9-15-18;1-17(2,3)16(14-10-6-4-7-11-14)15-12-8-5-9-13-15;7-5-3-1-2-4-6(5)8;1-3-4-2;2*1-2-3;;;;;;;;;;/h2*1-14H;3*1-14H;4-13H,1-3H3;1-4H;1,3-4H2,2H3;2*1H3;1H4;3*1H;;;;;;/q;;3*-1;;;-1;;;;;;;5*+1;+2/p-1. The molecule has 0 radical (unpaired) electrons. The van der Waals surface area contributed by atoms with E-state index in [-0.39, 0.29) is 103 Å². The summed E-state index contributed by atoms with van der Waals surface area (Å²) < 4.78 is 4.78. The summed E-state index contributed by atoms with van der Waals surface area (Å²) in [7, 11) is 9.08. The van der Waals surface area contributed by atoms with Crippen LogP contribution in [0.15, 0.2) is 523 Å². The average molecular weight is 2580 g/mol. The van der Waals surface area contributed by atoms with E-state index >= 15 is 0 Å². The van der Waals surface area contributed by atoms with Crippen molar-refractivity contribution >= 4 is 245 Å². The van der Waals surface area contributed by atoms with Crippen LogP contribution in [0.1, 0.15) is 41.0 Å². The normalized spacial score (nSPS) is 9.72. The Morgan fingerprint density at radius 1 is 0.331 bits per heavy atom. The van der Waals surface area contributed by atoms with E-state index in [1.807, 2.05) is 54.6 Å². The molecule has 22 heteroatoms. The van der Waals surface area contributed by atoms with Gasteiger partial charge in [-0.3, -0.25) is 0 Å². The van der Waals surface area contributed by atoms with Crippen LogP contribution < -0.4 is 128 Å². The van der Waals surface area contributed by atoms with E-state index in [4.69, 9.17) is 29.6 Å². The molecule has 0 spiro atoms. The van der Waals surface area contributed by atoms with Crippen molar-refractivity contribution in [3.8, 4) is 12.1 Å². The molecule has 0 heterocycles. The molecule has 0 bridgehead atoms. The summed E-state index contributed by atoms with van der Waals surface area (Å²) in [5, 5.41) is 38.1. The number of benzene rings is 18. The molecule has 18 aromatic carbocycles. The molecule has 0 atom stereocenters. The fraction of sp³-hybridized carbons (Fsp3) is 0.0750. The van der Waals surface area contributed by atoms with Crippen molar-refractivity contribution in [1.82, 2.24) is 0 Å². The molecule has 0 aliphatic rings. The molecule has 2 nitrogen and oxygen atoms in total. The first-order chi connectivity index (χ1) is 67.1. The third-order valence-corrected chi connectivity index (χ3v) is 44.9. The molecule has 0 unspecified atom stereocenters. The summed E-state index contributed by atoms with van der Waals surface area (Å²) in [5.74, 6) is 0. The molecule has 0 aliphatic carbocycles. The van der Waals surface area contributed by atoms with Crippen molar-refractivity contribution in [2.24, 2.45) is 0 Å². The molecular weight excluding hydrogens is 2470 g/mol. The molecule has 0 saturated carbocycles. The van der Waals surface area contributed by atoms with Gasteiger partial charge in [0.1, 0.15) is 0 Å². The van der Waals surface area contributed by atoms with Gasteiger partial charge < -0.3 is 6.92 Å². The molecule has 0 N–H and O–H groups in total. The summed E-state index contributed by atoms with van der Waals surface area (Å²) in [6.45, 7) is 16.0. The van der Waals surface area contributed by atoms with Crippen LogP contribution in [0.4, 0.5) is 0 Å². The summed E-state index contributed by atoms with van der Waals surface area (Å²) >= 11 is 16.6. The van der Waals surface area contributed by atoms with Crippen molar-refractivity contribution in [1.29, 1.82) is 10.5 Å². The first-order valence-corrected chi connectivity index (χ1v) is 65.3. The minimum absolute atomic E-state index is 0. The number of hydrogen-bond donors (Lipinski definition) is 0. The molecular formula is C120H114Br3Cl3Cu3ILi2N2P6PdSi+2. The minimum atomic E-state index is -1.20. The van der Waals surface area contributed by atoms with Gasteiger partial charge in [-0.25, -0.2) is 0 Å². The van der Waals surface area contributed by atoms with Gasteiger partial charge in [0.2, 0.25) is 0 Å². The largest absolute Gasteiger partial charge is 1.00 e. The molecule has 18 aromatic rings. The van der Waals surface area contributed by atoms with Gasteiger partial charge in [-0.15, -0.1) is 29.6 Å². The van der Waals surface area contributed by atoms with Crippen molar-refractivity contribution in [2.45, 2.75) is 60.7 Å². The summed E-state index contributed by atoms with van der Waals surface area (Å²) in [6, 6.07) is 193. The van der Waals surface area contributed by atoms with Crippen LogP contribution in [0.25, 0.3) is 0 Å². The monoisotopic (exact) mass is 2570 g/mol. The van der Waals surface area contributed by atoms with E-state index in [1.165, 1.54) is 127 Å². The first kappa shape index (κ1) is 132. The Labute approximate surface area is 970 Å². The molecule has 142 heavy (non-hydrogen) atoms. The fourth-order valence-electron chi connectivity index (χ4n) is 13.5. The zero-order valence-corrected chi connectivity index (χ0v) is 99.8. The Morgan fingerprint density at radius 3 is 0.725 bits per heavy atom. The summed E-state index contributed by atoms with van der Waals surface area (Å²) in [4.78, 5) is 0. The van der Waals surface area contributed by atoms with E-state index < -0.39 is 47.3 Å². The Balaban J connectivity index is 0.000000547. The minimum Gasteiger partial charge on any atom is -0.176 e. The van der Waals surface area contributed by atoms with Crippen molar-refractivity contribution in [3.05, 3.63) is 552 Å². The Bertz CT molecular complexity index is 5430. The third-order valence-electron chi connectivity index (χ3n) is 19.3. The smallest absolute Gasteiger partial charge is 0.176 e. The van der Waals surface area contributed by atoms with Crippen LogP contribution in [0.5, 0.6) is 0 Å². The van der Waals surface area contributed by atoms with Crippen molar-refractivity contribution in [2.75, 3.05) is 0 Å². The number of unbranched alkanes of at least 4 members (excludes halogenated alkanes) is 1. The van der Waals surface area contributed by atoms with Gasteiger partial charge in [0.25, 0.3) is 0 Å². The molecule has 18 rings (SSSR count). The first-order valence-electron chi connectivity index (χ1n) is 43.8. The van der Waals surface area contributed by atoms with Gasteiger partial charge in [0.15, 0.2) is 0 Å². The fourth-order valence-corrected chi connectivity index (χ4v) is 36.0. The second kappa shape index (κ2) is 81.2. The third kappa shape index (κ3) is 48.2. The zero-order valence-electron chi connectivity index (χ0n) is 79.7.